The Morgan fingerprint density at radius 3 is 2.57 bits per heavy atom. The van der Waals surface area contributed by atoms with E-state index in [2.05, 4.69) is 46.8 Å². The summed E-state index contributed by atoms with van der Waals surface area (Å²) in [6.45, 7) is 0. The van der Waals surface area contributed by atoms with Crippen LogP contribution in [0.1, 0.15) is 54.3 Å². The molecule has 3 rings (SSSR count). The Labute approximate surface area is 126 Å². The van der Waals surface area contributed by atoms with Gasteiger partial charge in [-0.15, -0.1) is 0 Å². The maximum absolute atomic E-state index is 5.84. The Morgan fingerprint density at radius 1 is 1.14 bits per heavy atom. The normalized spacial score (nSPS) is 16.4. The average molecular weight is 281 g/mol. The highest BCUT2D eigenvalue weighted by Gasteiger charge is 2.24. The van der Waals surface area contributed by atoms with Crippen LogP contribution in [0.15, 0.2) is 48.8 Å². The van der Waals surface area contributed by atoms with Crippen LogP contribution in [0.4, 0.5) is 0 Å². The fourth-order valence-corrected chi connectivity index (χ4v) is 3.11. The van der Waals surface area contributed by atoms with Gasteiger partial charge in [-0.2, -0.15) is 0 Å². The van der Waals surface area contributed by atoms with Crippen molar-refractivity contribution < 1.29 is 0 Å². The number of nitrogens with one attached hydrogen (secondary N) is 1. The second kappa shape index (κ2) is 6.83. The number of hydrazine groups is 1. The molecule has 3 nitrogen and oxygen atoms in total. The molecule has 0 amide bonds. The predicted octanol–water partition coefficient (Wildman–Crippen LogP) is 3.49. The minimum atomic E-state index is 0.218. The molecule has 2 aromatic rings. The van der Waals surface area contributed by atoms with Crippen LogP contribution < -0.4 is 11.3 Å². The van der Waals surface area contributed by atoms with Gasteiger partial charge < -0.3 is 0 Å². The summed E-state index contributed by atoms with van der Waals surface area (Å²) in [7, 11) is 0. The fourth-order valence-electron chi connectivity index (χ4n) is 3.11. The molecule has 1 aliphatic rings. The molecule has 1 atom stereocenters. The van der Waals surface area contributed by atoms with E-state index in [1.165, 1.54) is 36.0 Å². The second-order valence-corrected chi connectivity index (χ2v) is 5.87. The van der Waals surface area contributed by atoms with Gasteiger partial charge >= 0.3 is 0 Å². The van der Waals surface area contributed by atoms with Crippen LogP contribution in [0.25, 0.3) is 0 Å². The van der Waals surface area contributed by atoms with Crippen molar-refractivity contribution in [3.8, 4) is 0 Å². The molecular weight excluding hydrogens is 258 g/mol. The highest BCUT2D eigenvalue weighted by Crippen LogP contribution is 2.39. The van der Waals surface area contributed by atoms with E-state index < -0.39 is 0 Å². The van der Waals surface area contributed by atoms with E-state index in [0.717, 1.165) is 18.8 Å². The molecule has 1 saturated carbocycles. The van der Waals surface area contributed by atoms with Crippen LogP contribution in [-0.2, 0) is 6.42 Å². The third kappa shape index (κ3) is 3.31. The summed E-state index contributed by atoms with van der Waals surface area (Å²) in [5, 5.41) is 0. The Kier molecular flexibility index (Phi) is 4.63. The predicted molar refractivity (Wildman–Crippen MR) is 85.7 cm³/mol. The first-order chi connectivity index (χ1) is 10.4. The number of pyridine rings is 1. The highest BCUT2D eigenvalue weighted by molar-refractivity contribution is 5.34. The van der Waals surface area contributed by atoms with Crippen LogP contribution in [0.5, 0.6) is 0 Å². The van der Waals surface area contributed by atoms with E-state index in [4.69, 9.17) is 5.84 Å². The molecule has 0 bridgehead atoms. The molecule has 1 heterocycles. The molecule has 0 saturated heterocycles. The number of aromatic nitrogens is 1. The zero-order chi connectivity index (χ0) is 14.5. The third-order valence-corrected chi connectivity index (χ3v) is 4.59. The van der Waals surface area contributed by atoms with Gasteiger partial charge in [-0.1, -0.05) is 30.7 Å². The summed E-state index contributed by atoms with van der Waals surface area (Å²) in [5.74, 6) is 6.57. The van der Waals surface area contributed by atoms with Crippen LogP contribution in [-0.4, -0.2) is 4.98 Å². The van der Waals surface area contributed by atoms with E-state index in [1.54, 1.807) is 0 Å². The largest absolute Gasteiger partial charge is 0.271 e. The SMILES string of the molecule is NNC(CCc1ccncc1)c1ccccc1C1CCC1. The van der Waals surface area contributed by atoms with Crippen molar-refractivity contribution in [2.45, 2.75) is 44.1 Å². The molecule has 1 unspecified atom stereocenters. The lowest BCUT2D eigenvalue weighted by atomic mass is 9.77. The Bertz CT molecular complexity index is 564. The monoisotopic (exact) mass is 281 g/mol. The molecule has 1 aromatic carbocycles. The van der Waals surface area contributed by atoms with E-state index in [-0.39, 0.29) is 6.04 Å². The molecule has 110 valence electrons. The van der Waals surface area contributed by atoms with Crippen molar-refractivity contribution in [2.24, 2.45) is 5.84 Å². The lowest BCUT2D eigenvalue weighted by Crippen LogP contribution is -2.30. The molecule has 1 aliphatic carbocycles. The average Bonchev–Trinajstić information content (AvgIpc) is 2.49. The van der Waals surface area contributed by atoms with Crippen molar-refractivity contribution in [1.29, 1.82) is 0 Å². The Hall–Kier alpha value is -1.71. The van der Waals surface area contributed by atoms with Crippen molar-refractivity contribution in [3.05, 3.63) is 65.5 Å². The molecule has 3 heteroatoms. The van der Waals surface area contributed by atoms with Gasteiger partial charge in [0, 0.05) is 18.4 Å². The number of nitrogens with zero attached hydrogens (tertiary/aromatic N) is 1. The van der Waals surface area contributed by atoms with Crippen molar-refractivity contribution in [1.82, 2.24) is 10.4 Å². The maximum Gasteiger partial charge on any atom is 0.0466 e. The number of hydrogen-bond acceptors (Lipinski definition) is 3. The smallest absolute Gasteiger partial charge is 0.0466 e. The van der Waals surface area contributed by atoms with Gasteiger partial charge in [-0.05, 0) is 60.4 Å². The quantitative estimate of drug-likeness (QED) is 0.629. The van der Waals surface area contributed by atoms with Crippen molar-refractivity contribution in [2.75, 3.05) is 0 Å². The molecule has 21 heavy (non-hydrogen) atoms. The molecule has 3 N–H and O–H groups in total. The summed E-state index contributed by atoms with van der Waals surface area (Å²) in [5.41, 5.74) is 7.19. The summed E-state index contributed by atoms with van der Waals surface area (Å²) in [4.78, 5) is 4.07. The van der Waals surface area contributed by atoms with Gasteiger partial charge in [-0.25, -0.2) is 0 Å². The second-order valence-electron chi connectivity index (χ2n) is 5.87. The Balaban J connectivity index is 1.73. The minimum absolute atomic E-state index is 0.218. The van der Waals surface area contributed by atoms with Gasteiger partial charge in [0.05, 0.1) is 0 Å². The fraction of sp³-hybridized carbons (Fsp3) is 0.389. The molecule has 0 radical (unpaired) electrons. The molecule has 1 fully saturated rings. The van der Waals surface area contributed by atoms with Crippen molar-refractivity contribution in [3.63, 3.8) is 0 Å². The van der Waals surface area contributed by atoms with Crippen LogP contribution in [0.2, 0.25) is 0 Å². The first-order valence-electron chi connectivity index (χ1n) is 7.82. The van der Waals surface area contributed by atoms with Crippen LogP contribution in [0.3, 0.4) is 0 Å². The zero-order valence-corrected chi connectivity index (χ0v) is 12.3. The van der Waals surface area contributed by atoms with Gasteiger partial charge in [0.2, 0.25) is 0 Å². The van der Waals surface area contributed by atoms with E-state index in [0.29, 0.717) is 0 Å². The standard InChI is InChI=1S/C18H23N3/c19-21-18(9-8-14-10-12-20-13-11-14)17-7-2-1-6-16(17)15-4-3-5-15/h1-2,6-7,10-13,15,18,21H,3-5,8-9,19H2. The topological polar surface area (TPSA) is 50.9 Å². The van der Waals surface area contributed by atoms with E-state index >= 15 is 0 Å². The van der Waals surface area contributed by atoms with Gasteiger partial charge in [0.25, 0.3) is 0 Å². The summed E-state index contributed by atoms with van der Waals surface area (Å²) in [6.07, 6.45) is 9.71. The summed E-state index contributed by atoms with van der Waals surface area (Å²) in [6, 6.07) is 13.1. The van der Waals surface area contributed by atoms with Crippen molar-refractivity contribution >= 4 is 0 Å². The summed E-state index contributed by atoms with van der Waals surface area (Å²) < 4.78 is 0. The number of benzene rings is 1. The molecule has 0 aliphatic heterocycles. The number of hydrogen-bond donors (Lipinski definition) is 2. The maximum atomic E-state index is 5.84. The third-order valence-electron chi connectivity index (χ3n) is 4.59. The van der Waals surface area contributed by atoms with Crippen LogP contribution >= 0.6 is 0 Å². The first kappa shape index (κ1) is 14.2. The number of nitrogens with two attached hydrogens (primary N) is 1. The lowest BCUT2D eigenvalue weighted by molar-refractivity contribution is 0.409. The highest BCUT2D eigenvalue weighted by atomic mass is 15.2. The van der Waals surface area contributed by atoms with Crippen LogP contribution in [0, 0.1) is 0 Å². The number of aryl methyl sites for hydroxylation is 1. The van der Waals surface area contributed by atoms with Gasteiger partial charge in [0.1, 0.15) is 0 Å². The lowest BCUT2D eigenvalue weighted by Gasteiger charge is -2.30. The van der Waals surface area contributed by atoms with Gasteiger partial charge in [-0.3, -0.25) is 16.3 Å². The zero-order valence-electron chi connectivity index (χ0n) is 12.3. The molecular formula is C18H23N3. The van der Waals surface area contributed by atoms with E-state index in [9.17, 15) is 0 Å². The first-order valence-corrected chi connectivity index (χ1v) is 7.82. The molecule has 1 aromatic heterocycles. The summed E-state index contributed by atoms with van der Waals surface area (Å²) >= 11 is 0. The number of rotatable bonds is 6. The van der Waals surface area contributed by atoms with Gasteiger partial charge in [0.15, 0.2) is 0 Å². The minimum Gasteiger partial charge on any atom is -0.271 e. The molecule has 0 spiro atoms. The Morgan fingerprint density at radius 2 is 1.90 bits per heavy atom. The van der Waals surface area contributed by atoms with E-state index in [1.807, 2.05) is 12.4 Å².